The molecule has 0 radical (unpaired) electrons. The number of nitrogen functional groups attached to an aromatic ring is 1. The van der Waals surface area contributed by atoms with Crippen LogP contribution >= 0.6 is 11.6 Å². The third-order valence-corrected chi connectivity index (χ3v) is 2.86. The summed E-state index contributed by atoms with van der Waals surface area (Å²) in [6, 6.07) is 0. The number of rotatable bonds is 4. The molecule has 8 heteroatoms. The number of aromatic nitrogens is 3. The van der Waals surface area contributed by atoms with Crippen molar-refractivity contribution in [1.29, 1.82) is 0 Å². The van der Waals surface area contributed by atoms with E-state index in [1.165, 1.54) is 0 Å². The highest BCUT2D eigenvalue weighted by molar-refractivity contribution is 6.28. The summed E-state index contributed by atoms with van der Waals surface area (Å²) in [5.74, 6) is 0.424. The molecule has 1 atom stereocenters. The minimum Gasteiger partial charge on any atom is -0.378 e. The van der Waals surface area contributed by atoms with Crippen LogP contribution in [0.25, 0.3) is 0 Å². The van der Waals surface area contributed by atoms with Crippen molar-refractivity contribution in [3.8, 4) is 0 Å². The molecule has 1 aliphatic rings. The minimum atomic E-state index is -0.339. The number of nitrogens with one attached hydrogen (secondary N) is 1. The molecule has 1 aromatic heterocycles. The summed E-state index contributed by atoms with van der Waals surface area (Å²) >= 11 is 5.68. The first-order chi connectivity index (χ1) is 8.13. The zero-order chi connectivity index (χ0) is 12.3. The van der Waals surface area contributed by atoms with Crippen molar-refractivity contribution in [2.45, 2.75) is 12.0 Å². The predicted molar refractivity (Wildman–Crippen MR) is 62.9 cm³/mol. The van der Waals surface area contributed by atoms with Crippen LogP contribution in [-0.4, -0.2) is 47.4 Å². The number of anilines is 2. The van der Waals surface area contributed by atoms with E-state index in [1.54, 1.807) is 7.11 Å². The van der Waals surface area contributed by atoms with Gasteiger partial charge in [-0.05, 0) is 11.6 Å². The van der Waals surface area contributed by atoms with Crippen LogP contribution in [-0.2, 0) is 9.47 Å². The number of nitrogens with two attached hydrogens (primary N) is 1. The summed E-state index contributed by atoms with van der Waals surface area (Å²) in [6.45, 7) is 1.77. The van der Waals surface area contributed by atoms with Gasteiger partial charge in [0.25, 0.3) is 0 Å². The Labute approximate surface area is 104 Å². The zero-order valence-corrected chi connectivity index (χ0v) is 10.2. The molecular weight excluding hydrogens is 246 g/mol. The van der Waals surface area contributed by atoms with Crippen molar-refractivity contribution in [2.24, 2.45) is 0 Å². The lowest BCUT2D eigenvalue weighted by Gasteiger charge is -2.25. The summed E-state index contributed by atoms with van der Waals surface area (Å²) in [6.07, 6.45) is 0.824. The first kappa shape index (κ1) is 12.3. The molecule has 2 rings (SSSR count). The van der Waals surface area contributed by atoms with Gasteiger partial charge in [-0.2, -0.15) is 15.0 Å². The molecule has 1 aliphatic heterocycles. The molecular formula is C9H14ClN5O2. The summed E-state index contributed by atoms with van der Waals surface area (Å²) in [4.78, 5) is 11.5. The average molecular weight is 260 g/mol. The largest absolute Gasteiger partial charge is 0.378 e. The molecule has 0 aliphatic carbocycles. The highest BCUT2D eigenvalue weighted by Crippen LogP contribution is 2.22. The number of nitrogens with zero attached hydrogens (tertiary/aromatic N) is 3. The van der Waals surface area contributed by atoms with E-state index in [4.69, 9.17) is 26.8 Å². The second-order valence-electron chi connectivity index (χ2n) is 3.83. The Kier molecular flexibility index (Phi) is 3.60. The maximum atomic E-state index is 5.68. The lowest BCUT2D eigenvalue weighted by Crippen LogP contribution is -2.40. The van der Waals surface area contributed by atoms with Crippen LogP contribution in [0.2, 0.25) is 5.28 Å². The van der Waals surface area contributed by atoms with Crippen molar-refractivity contribution in [1.82, 2.24) is 15.0 Å². The third-order valence-electron chi connectivity index (χ3n) is 2.69. The fraction of sp³-hybridized carbons (Fsp3) is 0.667. The van der Waals surface area contributed by atoms with E-state index < -0.39 is 0 Å². The van der Waals surface area contributed by atoms with Gasteiger partial charge >= 0.3 is 0 Å². The van der Waals surface area contributed by atoms with E-state index in [1.807, 2.05) is 0 Å². The molecule has 1 unspecified atom stereocenters. The van der Waals surface area contributed by atoms with Crippen LogP contribution in [0.15, 0.2) is 0 Å². The standard InChI is InChI=1S/C9H14ClN5O2/c1-16-9(2-3-17-5-9)4-12-8-14-6(10)13-7(11)15-8/h2-5H2,1H3,(H3,11,12,13,14,15). The monoisotopic (exact) mass is 259 g/mol. The predicted octanol–water partition coefficient (Wildman–Crippen LogP) is 0.325. The fourth-order valence-corrected chi connectivity index (χ4v) is 1.81. The molecule has 0 spiro atoms. The van der Waals surface area contributed by atoms with Gasteiger partial charge in [0.2, 0.25) is 17.2 Å². The van der Waals surface area contributed by atoms with Crippen molar-refractivity contribution in [3.63, 3.8) is 0 Å². The van der Waals surface area contributed by atoms with Crippen LogP contribution in [0.4, 0.5) is 11.9 Å². The molecule has 2 heterocycles. The molecule has 0 amide bonds. The summed E-state index contributed by atoms with van der Waals surface area (Å²) in [5, 5.41) is 3.09. The van der Waals surface area contributed by atoms with Crippen molar-refractivity contribution in [2.75, 3.05) is 37.9 Å². The quantitative estimate of drug-likeness (QED) is 0.804. The lowest BCUT2D eigenvalue weighted by atomic mass is 10.0. The Hall–Kier alpha value is -1.18. The van der Waals surface area contributed by atoms with Gasteiger partial charge in [0.15, 0.2) is 0 Å². The van der Waals surface area contributed by atoms with E-state index in [-0.39, 0.29) is 16.8 Å². The van der Waals surface area contributed by atoms with Gasteiger partial charge in [0.1, 0.15) is 5.60 Å². The molecule has 0 bridgehead atoms. The highest BCUT2D eigenvalue weighted by atomic mass is 35.5. The highest BCUT2D eigenvalue weighted by Gasteiger charge is 2.34. The minimum absolute atomic E-state index is 0.0640. The fourth-order valence-electron chi connectivity index (χ4n) is 1.65. The Bertz CT molecular complexity index is 377. The Morgan fingerprint density at radius 3 is 2.94 bits per heavy atom. The van der Waals surface area contributed by atoms with Gasteiger partial charge in [-0.15, -0.1) is 0 Å². The Morgan fingerprint density at radius 2 is 2.35 bits per heavy atom. The maximum absolute atomic E-state index is 5.68. The van der Waals surface area contributed by atoms with Gasteiger partial charge in [-0.3, -0.25) is 0 Å². The number of halogens is 1. The SMILES string of the molecule is COC1(CNc2nc(N)nc(Cl)n2)CCOC1. The molecule has 1 aromatic rings. The van der Waals surface area contributed by atoms with Gasteiger partial charge in [0, 0.05) is 26.7 Å². The van der Waals surface area contributed by atoms with Crippen molar-refractivity contribution in [3.05, 3.63) is 5.28 Å². The van der Waals surface area contributed by atoms with Crippen molar-refractivity contribution < 1.29 is 9.47 Å². The Balaban J connectivity index is 2.01. The van der Waals surface area contributed by atoms with Crippen LogP contribution < -0.4 is 11.1 Å². The molecule has 1 fully saturated rings. The molecule has 1 saturated heterocycles. The van der Waals surface area contributed by atoms with Crippen LogP contribution in [0.1, 0.15) is 6.42 Å². The lowest BCUT2D eigenvalue weighted by molar-refractivity contribution is -0.00631. The first-order valence-electron chi connectivity index (χ1n) is 5.17. The molecule has 94 valence electrons. The third kappa shape index (κ3) is 2.93. The summed E-state index contributed by atoms with van der Waals surface area (Å²) in [7, 11) is 1.66. The number of hydrogen-bond donors (Lipinski definition) is 2. The molecule has 0 aromatic carbocycles. The van der Waals surface area contributed by atoms with Gasteiger partial charge in [0.05, 0.1) is 6.61 Å². The normalized spacial score (nSPS) is 23.9. The molecule has 7 nitrogen and oxygen atoms in total. The molecule has 17 heavy (non-hydrogen) atoms. The van der Waals surface area contributed by atoms with E-state index >= 15 is 0 Å². The van der Waals surface area contributed by atoms with E-state index in [0.29, 0.717) is 25.7 Å². The second-order valence-corrected chi connectivity index (χ2v) is 4.17. The van der Waals surface area contributed by atoms with Crippen LogP contribution in [0.5, 0.6) is 0 Å². The zero-order valence-electron chi connectivity index (χ0n) is 9.44. The van der Waals surface area contributed by atoms with Gasteiger partial charge in [-0.25, -0.2) is 0 Å². The summed E-state index contributed by atoms with van der Waals surface area (Å²) < 4.78 is 10.8. The van der Waals surface area contributed by atoms with E-state index in [9.17, 15) is 0 Å². The van der Waals surface area contributed by atoms with E-state index in [0.717, 1.165) is 6.42 Å². The molecule has 0 saturated carbocycles. The van der Waals surface area contributed by atoms with Gasteiger partial charge in [-0.1, -0.05) is 0 Å². The van der Waals surface area contributed by atoms with Crippen molar-refractivity contribution >= 4 is 23.5 Å². The van der Waals surface area contributed by atoms with E-state index in [2.05, 4.69) is 20.3 Å². The smallest absolute Gasteiger partial charge is 0.228 e. The van der Waals surface area contributed by atoms with Gasteiger partial charge < -0.3 is 20.5 Å². The number of ether oxygens (including phenoxy) is 2. The average Bonchev–Trinajstić information content (AvgIpc) is 2.74. The molecule has 3 N–H and O–H groups in total. The Morgan fingerprint density at radius 1 is 1.53 bits per heavy atom. The second kappa shape index (κ2) is 4.99. The topological polar surface area (TPSA) is 95.2 Å². The van der Waals surface area contributed by atoms with Crippen LogP contribution in [0.3, 0.4) is 0 Å². The summed E-state index contributed by atoms with van der Waals surface area (Å²) in [5.41, 5.74) is 5.13. The number of methoxy groups -OCH3 is 1. The number of hydrogen-bond acceptors (Lipinski definition) is 7. The maximum Gasteiger partial charge on any atom is 0.228 e. The first-order valence-corrected chi connectivity index (χ1v) is 5.55. The van der Waals surface area contributed by atoms with Crippen LogP contribution in [0, 0.1) is 0 Å².